The highest BCUT2D eigenvalue weighted by atomic mass is 127. The fourth-order valence-electron chi connectivity index (χ4n) is 1.84. The van der Waals surface area contributed by atoms with Gasteiger partial charge in [-0.05, 0) is 58.8 Å². The number of nitro benzene ring substituents is 1. The van der Waals surface area contributed by atoms with Gasteiger partial charge in [-0.3, -0.25) is 10.1 Å². The second-order valence-corrected chi connectivity index (χ2v) is 5.47. The van der Waals surface area contributed by atoms with Crippen LogP contribution in [0.1, 0.15) is 5.56 Å². The second-order valence-electron chi connectivity index (χ2n) is 4.23. The first-order valence-corrected chi connectivity index (χ1v) is 7.06. The first-order valence-electron chi connectivity index (χ1n) is 5.98. The van der Waals surface area contributed by atoms with Crippen LogP contribution in [0.3, 0.4) is 0 Å². The van der Waals surface area contributed by atoms with E-state index in [0.29, 0.717) is 18.7 Å². The number of nitro groups is 1. The van der Waals surface area contributed by atoms with Crippen molar-refractivity contribution >= 4 is 34.0 Å². The average Bonchev–Trinajstić information content (AvgIpc) is 2.40. The first kappa shape index (κ1) is 14.7. The van der Waals surface area contributed by atoms with Crippen LogP contribution in [0, 0.1) is 19.5 Å². The molecule has 104 valence electrons. The van der Waals surface area contributed by atoms with Crippen LogP contribution < -0.4 is 5.32 Å². The maximum absolute atomic E-state index is 13.0. The Morgan fingerprint density at radius 2 is 2.05 bits per heavy atom. The quantitative estimate of drug-likeness (QED) is 0.480. The summed E-state index contributed by atoms with van der Waals surface area (Å²) in [6.45, 7) is 0.505. The lowest BCUT2D eigenvalue weighted by Crippen LogP contribution is -2.07. The molecule has 0 saturated heterocycles. The summed E-state index contributed by atoms with van der Waals surface area (Å²) in [5.74, 6) is -0.275. The van der Waals surface area contributed by atoms with E-state index in [9.17, 15) is 14.5 Å². The Balaban J connectivity index is 2.02. The van der Waals surface area contributed by atoms with Crippen LogP contribution in [-0.2, 0) is 6.42 Å². The molecule has 6 heteroatoms. The maximum Gasteiger partial charge on any atom is 0.293 e. The highest BCUT2D eigenvalue weighted by Gasteiger charge is 2.13. The summed E-state index contributed by atoms with van der Waals surface area (Å²) in [7, 11) is 0. The molecule has 4 nitrogen and oxygen atoms in total. The smallest absolute Gasteiger partial charge is 0.293 e. The van der Waals surface area contributed by atoms with E-state index in [1.165, 1.54) is 18.2 Å². The molecule has 0 aliphatic heterocycles. The Hall–Kier alpha value is -1.70. The van der Waals surface area contributed by atoms with Crippen LogP contribution in [-0.4, -0.2) is 11.5 Å². The molecule has 0 radical (unpaired) electrons. The highest BCUT2D eigenvalue weighted by Crippen LogP contribution is 2.26. The van der Waals surface area contributed by atoms with E-state index in [0.717, 1.165) is 9.13 Å². The van der Waals surface area contributed by atoms with Gasteiger partial charge in [0.1, 0.15) is 11.5 Å². The Kier molecular flexibility index (Phi) is 4.89. The standard InChI is InChI=1S/C14H12FIN2O2/c15-11-3-1-2-10(8-11)6-7-17-13-5-4-12(16)9-14(13)18(19)20/h1-5,8-9,17H,6-7H2. The van der Waals surface area contributed by atoms with Gasteiger partial charge < -0.3 is 5.32 Å². The third-order valence-corrected chi connectivity index (χ3v) is 3.45. The molecule has 0 bridgehead atoms. The number of hydrogen-bond acceptors (Lipinski definition) is 3. The molecule has 1 N–H and O–H groups in total. The van der Waals surface area contributed by atoms with Gasteiger partial charge in [-0.1, -0.05) is 12.1 Å². The number of benzene rings is 2. The molecule has 0 atom stereocenters. The zero-order valence-electron chi connectivity index (χ0n) is 10.5. The molecule has 20 heavy (non-hydrogen) atoms. The number of nitrogens with zero attached hydrogens (tertiary/aromatic N) is 1. The molecule has 0 aliphatic carbocycles. The fraction of sp³-hybridized carbons (Fsp3) is 0.143. The maximum atomic E-state index is 13.0. The van der Waals surface area contributed by atoms with Crippen molar-refractivity contribution in [2.45, 2.75) is 6.42 Å². The lowest BCUT2D eigenvalue weighted by molar-refractivity contribution is -0.384. The zero-order valence-corrected chi connectivity index (χ0v) is 12.6. The van der Waals surface area contributed by atoms with Gasteiger partial charge in [-0.15, -0.1) is 0 Å². The summed E-state index contributed by atoms with van der Waals surface area (Å²) in [4.78, 5) is 10.6. The number of anilines is 1. The van der Waals surface area contributed by atoms with Crippen molar-refractivity contribution < 1.29 is 9.31 Å². The molecule has 2 rings (SSSR count). The van der Waals surface area contributed by atoms with E-state index in [-0.39, 0.29) is 11.5 Å². The summed E-state index contributed by atoms with van der Waals surface area (Å²) in [5, 5.41) is 14.0. The molecule has 0 unspecified atom stereocenters. The van der Waals surface area contributed by atoms with Gasteiger partial charge in [0.25, 0.3) is 5.69 Å². The number of halogens is 2. The number of rotatable bonds is 5. The normalized spacial score (nSPS) is 10.3. The fourth-order valence-corrected chi connectivity index (χ4v) is 2.31. The third-order valence-electron chi connectivity index (χ3n) is 2.77. The first-order chi connectivity index (χ1) is 9.56. The minimum absolute atomic E-state index is 0.0520. The van der Waals surface area contributed by atoms with Crippen LogP contribution in [0.25, 0.3) is 0 Å². The van der Waals surface area contributed by atoms with E-state index in [1.807, 2.05) is 28.7 Å². The van der Waals surface area contributed by atoms with Gasteiger partial charge >= 0.3 is 0 Å². The summed E-state index contributed by atoms with van der Waals surface area (Å²) in [6.07, 6.45) is 0.598. The van der Waals surface area contributed by atoms with Crippen molar-refractivity contribution in [1.29, 1.82) is 0 Å². The molecule has 0 aromatic heterocycles. The summed E-state index contributed by atoms with van der Waals surface area (Å²) >= 11 is 2.03. The van der Waals surface area contributed by atoms with E-state index in [4.69, 9.17) is 0 Å². The van der Waals surface area contributed by atoms with Crippen LogP contribution in [0.2, 0.25) is 0 Å². The minimum atomic E-state index is -0.410. The summed E-state index contributed by atoms with van der Waals surface area (Å²) in [5.41, 5.74) is 1.38. The molecule has 2 aromatic carbocycles. The van der Waals surface area contributed by atoms with Gasteiger partial charge in [0.15, 0.2) is 0 Å². The van der Waals surface area contributed by atoms with Gasteiger partial charge in [0.05, 0.1) is 4.92 Å². The monoisotopic (exact) mass is 386 g/mol. The van der Waals surface area contributed by atoms with E-state index in [1.54, 1.807) is 18.2 Å². The van der Waals surface area contributed by atoms with Crippen molar-refractivity contribution in [3.05, 3.63) is 67.5 Å². The van der Waals surface area contributed by atoms with Crippen LogP contribution in [0.4, 0.5) is 15.8 Å². The molecular formula is C14H12FIN2O2. The molecule has 0 saturated carbocycles. The Morgan fingerprint density at radius 3 is 2.75 bits per heavy atom. The third kappa shape index (κ3) is 3.89. The minimum Gasteiger partial charge on any atom is -0.379 e. The van der Waals surface area contributed by atoms with Crippen LogP contribution >= 0.6 is 22.6 Å². The molecule has 2 aromatic rings. The molecular weight excluding hydrogens is 374 g/mol. The number of nitrogens with one attached hydrogen (secondary N) is 1. The van der Waals surface area contributed by atoms with Crippen molar-refractivity contribution in [2.75, 3.05) is 11.9 Å². The Bertz CT molecular complexity index is 634. The van der Waals surface area contributed by atoms with Crippen LogP contribution in [0.15, 0.2) is 42.5 Å². The molecule has 0 aliphatic rings. The van der Waals surface area contributed by atoms with Crippen molar-refractivity contribution in [1.82, 2.24) is 0 Å². The van der Waals surface area contributed by atoms with Crippen molar-refractivity contribution in [2.24, 2.45) is 0 Å². The average molecular weight is 386 g/mol. The van der Waals surface area contributed by atoms with Crippen LogP contribution in [0.5, 0.6) is 0 Å². The predicted octanol–water partition coefficient (Wildman–Crippen LogP) is 3.99. The zero-order chi connectivity index (χ0) is 14.5. The molecule has 0 spiro atoms. The SMILES string of the molecule is O=[N+]([O-])c1cc(I)ccc1NCCc1cccc(F)c1. The van der Waals surface area contributed by atoms with Gasteiger partial charge in [0, 0.05) is 16.2 Å². The highest BCUT2D eigenvalue weighted by molar-refractivity contribution is 14.1. The van der Waals surface area contributed by atoms with E-state index < -0.39 is 4.92 Å². The van der Waals surface area contributed by atoms with E-state index in [2.05, 4.69) is 5.32 Å². The van der Waals surface area contributed by atoms with Gasteiger partial charge in [0.2, 0.25) is 0 Å². The van der Waals surface area contributed by atoms with E-state index >= 15 is 0 Å². The molecule has 0 fully saturated rings. The van der Waals surface area contributed by atoms with Gasteiger partial charge in [-0.25, -0.2) is 4.39 Å². The second kappa shape index (κ2) is 6.65. The van der Waals surface area contributed by atoms with Crippen molar-refractivity contribution in [3.63, 3.8) is 0 Å². The molecule has 0 amide bonds. The summed E-state index contributed by atoms with van der Waals surface area (Å²) < 4.78 is 13.8. The topological polar surface area (TPSA) is 55.2 Å². The Morgan fingerprint density at radius 1 is 1.25 bits per heavy atom. The number of hydrogen-bond donors (Lipinski definition) is 1. The molecule has 0 heterocycles. The summed E-state index contributed by atoms with van der Waals surface area (Å²) in [6, 6.07) is 11.3. The Labute approximate surface area is 129 Å². The van der Waals surface area contributed by atoms with Gasteiger partial charge in [-0.2, -0.15) is 0 Å². The van der Waals surface area contributed by atoms with Crippen molar-refractivity contribution in [3.8, 4) is 0 Å². The largest absolute Gasteiger partial charge is 0.379 e. The predicted molar refractivity (Wildman–Crippen MR) is 84.4 cm³/mol. The lowest BCUT2D eigenvalue weighted by Gasteiger charge is -2.07. The lowest BCUT2D eigenvalue weighted by atomic mass is 10.1.